The fourth-order valence-electron chi connectivity index (χ4n) is 2.66. The molecule has 0 aromatic heterocycles. The first-order chi connectivity index (χ1) is 10.0. The molecule has 114 valence electrons. The van der Waals surface area contributed by atoms with Gasteiger partial charge in [-0.15, -0.1) is 0 Å². The summed E-state index contributed by atoms with van der Waals surface area (Å²) < 4.78 is 5.60. The van der Waals surface area contributed by atoms with Crippen LogP contribution in [0.2, 0.25) is 0 Å². The molecule has 0 fully saturated rings. The van der Waals surface area contributed by atoms with E-state index in [0.29, 0.717) is 13.2 Å². The van der Waals surface area contributed by atoms with Crippen LogP contribution in [0, 0.1) is 5.92 Å². The number of carboxylic acid groups (broad SMARTS) is 1. The topological polar surface area (TPSA) is 111 Å². The lowest BCUT2D eigenvalue weighted by Crippen LogP contribution is -2.23. The van der Waals surface area contributed by atoms with E-state index in [0.717, 1.165) is 25.0 Å². The van der Waals surface area contributed by atoms with Gasteiger partial charge in [0.1, 0.15) is 12.4 Å². The number of hydrogen-bond donors (Lipinski definition) is 3. The zero-order valence-electron chi connectivity index (χ0n) is 11.9. The number of aryl methyl sites for hydroxylation is 1. The first-order valence-electron chi connectivity index (χ1n) is 7.06. The third-order valence-corrected chi connectivity index (χ3v) is 3.63. The summed E-state index contributed by atoms with van der Waals surface area (Å²) in [4.78, 5) is 14.7. The standard InChI is InChI=1S/C15H21N3O3/c16-15(17)18-5-6-21-13-4-3-11-2-1-10(8-14(19)20)7-12(11)9-13/h3-4,9-10H,1-2,5-8H2,(H,19,20)(H4,16,17,18). The molecule has 5 N–H and O–H groups in total. The predicted octanol–water partition coefficient (Wildman–Crippen LogP) is 0.918. The van der Waals surface area contributed by atoms with Crippen molar-refractivity contribution in [3.05, 3.63) is 29.3 Å². The molecule has 0 saturated carbocycles. The lowest BCUT2D eigenvalue weighted by atomic mass is 9.82. The van der Waals surface area contributed by atoms with Crippen LogP contribution in [0.4, 0.5) is 0 Å². The Morgan fingerprint density at radius 1 is 1.38 bits per heavy atom. The number of carboxylic acids is 1. The van der Waals surface area contributed by atoms with Crippen molar-refractivity contribution >= 4 is 11.9 Å². The van der Waals surface area contributed by atoms with Crippen molar-refractivity contribution < 1.29 is 14.6 Å². The van der Waals surface area contributed by atoms with Gasteiger partial charge in [0, 0.05) is 6.42 Å². The molecule has 21 heavy (non-hydrogen) atoms. The molecule has 0 saturated heterocycles. The number of rotatable bonds is 6. The number of aliphatic imine (C=N–C) groups is 1. The summed E-state index contributed by atoms with van der Waals surface area (Å²) in [5.41, 5.74) is 13.0. The number of ether oxygens (including phenoxy) is 1. The monoisotopic (exact) mass is 291 g/mol. The normalized spacial score (nSPS) is 16.9. The summed E-state index contributed by atoms with van der Waals surface area (Å²) in [5, 5.41) is 8.90. The second-order valence-electron chi connectivity index (χ2n) is 5.29. The Balaban J connectivity index is 1.95. The van der Waals surface area contributed by atoms with Crippen LogP contribution in [0.25, 0.3) is 0 Å². The van der Waals surface area contributed by atoms with Gasteiger partial charge in [-0.25, -0.2) is 0 Å². The van der Waals surface area contributed by atoms with Crippen LogP contribution in [0.5, 0.6) is 5.75 Å². The minimum atomic E-state index is -0.729. The second-order valence-corrected chi connectivity index (χ2v) is 5.29. The highest BCUT2D eigenvalue weighted by Gasteiger charge is 2.21. The maximum Gasteiger partial charge on any atom is 0.303 e. The van der Waals surface area contributed by atoms with Gasteiger partial charge in [0.15, 0.2) is 5.96 Å². The van der Waals surface area contributed by atoms with E-state index < -0.39 is 5.97 Å². The lowest BCUT2D eigenvalue weighted by molar-refractivity contribution is -0.138. The lowest BCUT2D eigenvalue weighted by Gasteiger charge is -2.23. The highest BCUT2D eigenvalue weighted by atomic mass is 16.5. The number of fused-ring (bicyclic) bond motifs is 1. The molecule has 0 heterocycles. The van der Waals surface area contributed by atoms with Crippen LogP contribution in [0.1, 0.15) is 24.0 Å². The van der Waals surface area contributed by atoms with E-state index in [1.807, 2.05) is 12.1 Å². The van der Waals surface area contributed by atoms with Crippen LogP contribution >= 0.6 is 0 Å². The van der Waals surface area contributed by atoms with Gasteiger partial charge in [-0.3, -0.25) is 9.79 Å². The fraction of sp³-hybridized carbons (Fsp3) is 0.467. The van der Waals surface area contributed by atoms with Gasteiger partial charge in [-0.05, 0) is 48.4 Å². The Labute approximate surface area is 123 Å². The zero-order chi connectivity index (χ0) is 15.2. The molecule has 2 rings (SSSR count). The summed E-state index contributed by atoms with van der Waals surface area (Å²) in [6.45, 7) is 0.830. The summed E-state index contributed by atoms with van der Waals surface area (Å²) in [7, 11) is 0. The van der Waals surface area contributed by atoms with Gasteiger partial charge in [0.25, 0.3) is 0 Å². The summed E-state index contributed by atoms with van der Waals surface area (Å²) in [6, 6.07) is 5.99. The molecular weight excluding hydrogens is 270 g/mol. The highest BCUT2D eigenvalue weighted by molar-refractivity contribution is 5.75. The molecule has 1 aromatic carbocycles. The summed E-state index contributed by atoms with van der Waals surface area (Å²) in [5.74, 6) is 0.316. The largest absolute Gasteiger partial charge is 0.492 e. The van der Waals surface area contributed by atoms with Crippen LogP contribution in [0.15, 0.2) is 23.2 Å². The van der Waals surface area contributed by atoms with Crippen molar-refractivity contribution in [1.82, 2.24) is 0 Å². The van der Waals surface area contributed by atoms with Gasteiger partial charge in [0.05, 0.1) is 6.54 Å². The van der Waals surface area contributed by atoms with E-state index in [-0.39, 0.29) is 18.3 Å². The highest BCUT2D eigenvalue weighted by Crippen LogP contribution is 2.30. The van der Waals surface area contributed by atoms with E-state index in [1.54, 1.807) is 0 Å². The van der Waals surface area contributed by atoms with Gasteiger partial charge >= 0.3 is 5.97 Å². The number of benzene rings is 1. The molecule has 1 unspecified atom stereocenters. The number of aliphatic carboxylic acids is 1. The van der Waals surface area contributed by atoms with E-state index in [1.165, 1.54) is 11.1 Å². The second kappa shape index (κ2) is 6.97. The molecule has 1 atom stereocenters. The number of guanidine groups is 1. The molecule has 0 spiro atoms. The first kappa shape index (κ1) is 15.2. The third kappa shape index (κ3) is 4.66. The maximum atomic E-state index is 10.8. The molecule has 0 radical (unpaired) electrons. The summed E-state index contributed by atoms with van der Waals surface area (Å²) in [6.07, 6.45) is 2.90. The number of nitrogens with two attached hydrogens (primary N) is 2. The SMILES string of the molecule is NC(N)=NCCOc1ccc2c(c1)CC(CC(=O)O)CC2. The first-order valence-corrected chi connectivity index (χ1v) is 7.06. The molecule has 6 heteroatoms. The molecule has 0 bridgehead atoms. The third-order valence-electron chi connectivity index (χ3n) is 3.63. The number of carbonyl (C=O) groups is 1. The van der Waals surface area contributed by atoms with E-state index >= 15 is 0 Å². The Bertz CT molecular complexity index is 539. The van der Waals surface area contributed by atoms with E-state index in [9.17, 15) is 4.79 Å². The Kier molecular flexibility index (Phi) is 5.03. The molecule has 1 aliphatic carbocycles. The van der Waals surface area contributed by atoms with Crippen molar-refractivity contribution in [2.24, 2.45) is 22.4 Å². The Morgan fingerprint density at radius 2 is 2.19 bits per heavy atom. The molecular formula is C15H21N3O3. The maximum absolute atomic E-state index is 10.8. The van der Waals surface area contributed by atoms with E-state index in [4.69, 9.17) is 21.3 Å². The van der Waals surface area contributed by atoms with E-state index in [2.05, 4.69) is 11.1 Å². The minimum Gasteiger partial charge on any atom is -0.492 e. The van der Waals surface area contributed by atoms with Crippen LogP contribution in [-0.4, -0.2) is 30.2 Å². The van der Waals surface area contributed by atoms with Gasteiger partial charge < -0.3 is 21.3 Å². The zero-order valence-corrected chi connectivity index (χ0v) is 11.9. The smallest absolute Gasteiger partial charge is 0.303 e. The van der Waals surface area contributed by atoms with Crippen molar-refractivity contribution in [2.75, 3.05) is 13.2 Å². The van der Waals surface area contributed by atoms with Crippen molar-refractivity contribution in [3.63, 3.8) is 0 Å². The molecule has 0 amide bonds. The van der Waals surface area contributed by atoms with Crippen molar-refractivity contribution in [2.45, 2.75) is 25.7 Å². The van der Waals surface area contributed by atoms with Crippen LogP contribution in [0.3, 0.4) is 0 Å². The van der Waals surface area contributed by atoms with Crippen molar-refractivity contribution in [3.8, 4) is 5.75 Å². The Morgan fingerprint density at radius 3 is 2.90 bits per heavy atom. The number of nitrogens with zero attached hydrogens (tertiary/aromatic N) is 1. The fourth-order valence-corrected chi connectivity index (χ4v) is 2.66. The molecule has 6 nitrogen and oxygen atoms in total. The van der Waals surface area contributed by atoms with Gasteiger partial charge in [-0.2, -0.15) is 0 Å². The molecule has 1 aliphatic rings. The summed E-state index contributed by atoms with van der Waals surface area (Å²) >= 11 is 0. The molecule has 0 aliphatic heterocycles. The average Bonchev–Trinajstić information content (AvgIpc) is 2.42. The van der Waals surface area contributed by atoms with Gasteiger partial charge in [-0.1, -0.05) is 6.07 Å². The quantitative estimate of drug-likeness (QED) is 0.410. The van der Waals surface area contributed by atoms with Gasteiger partial charge in [0.2, 0.25) is 0 Å². The van der Waals surface area contributed by atoms with Crippen LogP contribution in [-0.2, 0) is 17.6 Å². The number of hydrogen-bond acceptors (Lipinski definition) is 3. The van der Waals surface area contributed by atoms with Crippen LogP contribution < -0.4 is 16.2 Å². The Hall–Kier alpha value is -2.24. The van der Waals surface area contributed by atoms with Crippen molar-refractivity contribution in [1.29, 1.82) is 0 Å². The average molecular weight is 291 g/mol. The predicted molar refractivity (Wildman–Crippen MR) is 80.4 cm³/mol. The minimum absolute atomic E-state index is 0.0561. The molecule has 1 aromatic rings.